The van der Waals surface area contributed by atoms with Gasteiger partial charge in [0, 0.05) is 11.3 Å². The van der Waals surface area contributed by atoms with E-state index < -0.39 is 107 Å². The zero-order valence-corrected chi connectivity index (χ0v) is 37.4. The number of hydrogen-bond acceptors (Lipinski definition) is 17. The molecule has 17 heteroatoms. The molecule has 0 aromatic heterocycles. The summed E-state index contributed by atoms with van der Waals surface area (Å²) in [6.45, 7) is 12.5. The van der Waals surface area contributed by atoms with Gasteiger partial charge < -0.3 is 63.8 Å². The van der Waals surface area contributed by atoms with E-state index in [0.717, 1.165) is 45.5 Å². The van der Waals surface area contributed by atoms with Crippen molar-refractivity contribution in [3.05, 3.63) is 11.6 Å². The molecule has 2 saturated heterocycles. The third-order valence-corrected chi connectivity index (χ3v) is 17.9. The number of aliphatic hydroxyl groups excluding tert-OH is 6. The van der Waals surface area contributed by atoms with Gasteiger partial charge in [0.1, 0.15) is 36.6 Å². The van der Waals surface area contributed by atoms with E-state index in [1.807, 2.05) is 19.9 Å². The van der Waals surface area contributed by atoms with Crippen LogP contribution in [0, 0.1) is 50.2 Å². The Kier molecular flexibility index (Phi) is 12.5. The largest absolute Gasteiger partial charge is 0.469 e. The molecule has 20 atom stereocenters. The second-order valence-electron chi connectivity index (χ2n) is 21.0. The predicted molar refractivity (Wildman–Crippen MR) is 214 cm³/mol. The normalized spacial score (nSPS) is 51.3. The Hall–Kier alpha value is -2.58. The van der Waals surface area contributed by atoms with Crippen molar-refractivity contribution in [3.8, 4) is 0 Å². The van der Waals surface area contributed by atoms with Crippen LogP contribution in [0.4, 0.5) is 0 Å². The summed E-state index contributed by atoms with van der Waals surface area (Å²) in [6, 6.07) is 0. The summed E-state index contributed by atoms with van der Waals surface area (Å²) in [5, 5.41) is 65.9. The molecule has 17 nitrogen and oxygen atoms in total. The first-order chi connectivity index (χ1) is 28.9. The van der Waals surface area contributed by atoms with E-state index in [1.54, 1.807) is 0 Å². The highest BCUT2D eigenvalue weighted by atomic mass is 16.8. The molecule has 7 aliphatic rings. The molecule has 350 valence electrons. The van der Waals surface area contributed by atoms with Crippen molar-refractivity contribution in [2.45, 2.75) is 167 Å². The van der Waals surface area contributed by atoms with E-state index in [2.05, 4.69) is 32.4 Å². The van der Waals surface area contributed by atoms with E-state index in [4.69, 9.17) is 28.4 Å². The Morgan fingerprint density at radius 1 is 0.710 bits per heavy atom. The summed E-state index contributed by atoms with van der Waals surface area (Å²) < 4.78 is 38.9. The minimum absolute atomic E-state index is 0.0337. The quantitative estimate of drug-likeness (QED) is 0.115. The maximum atomic E-state index is 15.0. The minimum Gasteiger partial charge on any atom is -0.469 e. The van der Waals surface area contributed by atoms with Crippen LogP contribution >= 0.6 is 0 Å². The number of fused-ring (bicyclic) bond motifs is 7. The first-order valence-electron chi connectivity index (χ1n) is 22.1. The van der Waals surface area contributed by atoms with Crippen molar-refractivity contribution in [1.29, 1.82) is 0 Å². The van der Waals surface area contributed by atoms with Crippen LogP contribution in [-0.4, -0.2) is 150 Å². The van der Waals surface area contributed by atoms with Gasteiger partial charge in [-0.25, -0.2) is 9.59 Å². The lowest BCUT2D eigenvalue weighted by Gasteiger charge is -2.70. The fourth-order valence-electron chi connectivity index (χ4n) is 13.8. The number of carbonyl (C=O) groups excluding carboxylic acids is 4. The number of rotatable bonds is 8. The Bertz CT molecular complexity index is 1810. The number of aliphatic hydroxyl groups is 6. The lowest BCUT2D eigenvalue weighted by atomic mass is 9.33. The molecule has 62 heavy (non-hydrogen) atoms. The summed E-state index contributed by atoms with van der Waals surface area (Å²) in [5.74, 6) is -2.94. The number of esters is 3. The van der Waals surface area contributed by atoms with Crippen LogP contribution in [-0.2, 0) is 52.3 Å². The van der Waals surface area contributed by atoms with Crippen molar-refractivity contribution in [2.75, 3.05) is 27.9 Å². The molecule has 2 aliphatic heterocycles. The molecule has 0 bridgehead atoms. The predicted octanol–water partition coefficient (Wildman–Crippen LogP) is 1.48. The van der Waals surface area contributed by atoms with Crippen molar-refractivity contribution in [3.63, 3.8) is 0 Å². The van der Waals surface area contributed by atoms with Gasteiger partial charge in [0.25, 0.3) is 0 Å². The van der Waals surface area contributed by atoms with Gasteiger partial charge in [-0.2, -0.15) is 0 Å². The fraction of sp³-hybridized carbons (Fsp3) is 0.867. The Balaban J connectivity index is 1.20. The standard InChI is InChI=1S/C45H68O17/c1-40-14-15-41(2,39(55)58-9)19-22(40)21-18-23(47)34-42(3)12-11-25(43(4,20-46)24(42)10-13-45(34,6)44(21,5)17-16-40)59-38-33(29(51)28(50)32(61-38)36(54)57-8)62-37-30(52)26(48)27(49)31(60-37)35(53)56-7/h18,22,24-34,37-38,46,48-52H,10-17,19-20H2,1-9H3/t22-,24+,25-,26-,27-,28-,29-,30+,31-,32-,33?,34+,37?,38?,40+,41-,42-,43+,44+,45+/m0/s1. The molecule has 2 heterocycles. The third kappa shape index (κ3) is 6.93. The molecule has 0 amide bonds. The highest BCUT2D eigenvalue weighted by molar-refractivity contribution is 5.95. The number of ketones is 1. The molecule has 5 aliphatic carbocycles. The van der Waals surface area contributed by atoms with Crippen LogP contribution in [0.25, 0.3) is 0 Å². The first-order valence-corrected chi connectivity index (χ1v) is 22.1. The topological polar surface area (TPSA) is 254 Å². The molecule has 3 unspecified atom stereocenters. The lowest BCUT2D eigenvalue weighted by molar-refractivity contribution is -0.372. The second kappa shape index (κ2) is 16.4. The number of methoxy groups -OCH3 is 3. The van der Waals surface area contributed by atoms with Gasteiger partial charge in [-0.05, 0) is 104 Å². The number of ether oxygens (including phenoxy) is 7. The molecular weight excluding hydrogens is 812 g/mol. The molecule has 0 aromatic carbocycles. The van der Waals surface area contributed by atoms with E-state index >= 15 is 4.79 Å². The number of allylic oxidation sites excluding steroid dienone is 2. The SMILES string of the molecule is COC(=O)[C@H]1OC(O[C@H]2CC[C@@]3(C)[C@@H](CC[C@]4(C)[C@@H]3C(=O)C=C3[C@@H]5C[C@@](C)(C(=O)OC)CC[C@]5(C)CC[C@]34C)[C@@]2(C)CO)C(OC2O[C@H](C(=O)OC)[C@@H](O)[C@H](O)[C@H]2O)[C@@H](O)[C@@H]1O. The Labute approximate surface area is 362 Å². The van der Waals surface area contributed by atoms with Crippen molar-refractivity contribution >= 4 is 23.7 Å². The van der Waals surface area contributed by atoms with Crippen LogP contribution in [0.15, 0.2) is 11.6 Å². The summed E-state index contributed by atoms with van der Waals surface area (Å²) in [5.41, 5.74) is -2.02. The lowest BCUT2D eigenvalue weighted by Crippen LogP contribution is -2.69. The molecule has 4 saturated carbocycles. The van der Waals surface area contributed by atoms with Crippen LogP contribution in [0.1, 0.15) is 99.3 Å². The van der Waals surface area contributed by atoms with Gasteiger partial charge in [-0.3, -0.25) is 9.59 Å². The van der Waals surface area contributed by atoms with Gasteiger partial charge in [0.15, 0.2) is 30.6 Å². The van der Waals surface area contributed by atoms with Crippen molar-refractivity contribution in [1.82, 2.24) is 0 Å². The van der Waals surface area contributed by atoms with Crippen LogP contribution < -0.4 is 0 Å². The second-order valence-corrected chi connectivity index (χ2v) is 21.0. The van der Waals surface area contributed by atoms with E-state index in [1.165, 1.54) is 7.11 Å². The summed E-state index contributed by atoms with van der Waals surface area (Å²) in [4.78, 5) is 53.4. The van der Waals surface area contributed by atoms with Crippen molar-refractivity contribution in [2.24, 2.45) is 50.2 Å². The zero-order valence-electron chi connectivity index (χ0n) is 37.4. The Morgan fingerprint density at radius 3 is 1.90 bits per heavy atom. The van der Waals surface area contributed by atoms with Gasteiger partial charge in [0.2, 0.25) is 0 Å². The summed E-state index contributed by atoms with van der Waals surface area (Å²) in [7, 11) is 3.53. The van der Waals surface area contributed by atoms with Crippen LogP contribution in [0.2, 0.25) is 0 Å². The average molecular weight is 881 g/mol. The molecule has 0 aromatic rings. The summed E-state index contributed by atoms with van der Waals surface area (Å²) >= 11 is 0. The Morgan fingerprint density at radius 2 is 1.31 bits per heavy atom. The van der Waals surface area contributed by atoms with Crippen LogP contribution in [0.3, 0.4) is 0 Å². The molecule has 6 fully saturated rings. The number of carbonyl (C=O) groups is 4. The van der Waals surface area contributed by atoms with E-state index in [9.17, 15) is 45.0 Å². The zero-order chi connectivity index (χ0) is 45.7. The smallest absolute Gasteiger partial charge is 0.337 e. The first kappa shape index (κ1) is 47.4. The monoisotopic (exact) mass is 880 g/mol. The summed E-state index contributed by atoms with van der Waals surface area (Å²) in [6.07, 6.45) is -11.4. The van der Waals surface area contributed by atoms with Crippen LogP contribution in [0.5, 0.6) is 0 Å². The maximum Gasteiger partial charge on any atom is 0.337 e. The van der Waals surface area contributed by atoms with Gasteiger partial charge in [0.05, 0.1) is 39.5 Å². The highest BCUT2D eigenvalue weighted by Gasteiger charge is 2.71. The third-order valence-electron chi connectivity index (χ3n) is 17.9. The molecule has 7 rings (SSSR count). The average Bonchev–Trinajstić information content (AvgIpc) is 3.24. The minimum atomic E-state index is -1.97. The number of hydrogen-bond donors (Lipinski definition) is 6. The highest BCUT2D eigenvalue weighted by Crippen LogP contribution is 2.75. The van der Waals surface area contributed by atoms with Gasteiger partial charge in [-0.1, -0.05) is 40.2 Å². The maximum absolute atomic E-state index is 15.0. The fourth-order valence-corrected chi connectivity index (χ4v) is 13.8. The molecular formula is C45H68O17. The van der Waals surface area contributed by atoms with Crippen molar-refractivity contribution < 1.29 is 83.0 Å². The molecule has 0 spiro atoms. The molecule has 6 N–H and O–H groups in total. The van der Waals surface area contributed by atoms with E-state index in [0.29, 0.717) is 32.1 Å². The van der Waals surface area contributed by atoms with E-state index in [-0.39, 0.29) is 41.0 Å². The van der Waals surface area contributed by atoms with Gasteiger partial charge >= 0.3 is 17.9 Å². The molecule has 0 radical (unpaired) electrons. The van der Waals surface area contributed by atoms with Gasteiger partial charge in [-0.15, -0.1) is 0 Å².